The Labute approximate surface area is 476 Å². The molecule has 2 aliphatic rings. The predicted octanol–water partition coefficient (Wildman–Crippen LogP) is 12.2. The number of aliphatic hydroxyl groups excluding tert-OH is 8. The number of amides is 1. The van der Waals surface area contributed by atoms with Gasteiger partial charge in [-0.25, -0.2) is 0 Å². The highest BCUT2D eigenvalue weighted by Crippen LogP contribution is 2.30. The smallest absolute Gasteiger partial charge is 0.220 e. The normalized spacial score (nSPS) is 24.5. The number of carbonyl (C=O) groups excluding carboxylic acids is 1. The molecule has 14 heteroatoms. The summed E-state index contributed by atoms with van der Waals surface area (Å²) in [5.41, 5.74) is 0. The van der Waals surface area contributed by atoms with Crippen LogP contribution in [0.5, 0.6) is 0 Å². The summed E-state index contributed by atoms with van der Waals surface area (Å²) >= 11 is 0. The monoisotopic (exact) mass is 1110 g/mol. The van der Waals surface area contributed by atoms with E-state index in [2.05, 4.69) is 19.2 Å². The van der Waals surface area contributed by atoms with E-state index in [-0.39, 0.29) is 18.9 Å². The number of hydrogen-bond acceptors (Lipinski definition) is 13. The average Bonchev–Trinajstić information content (AvgIpc) is 3.48. The molecule has 14 nitrogen and oxygen atoms in total. The van der Waals surface area contributed by atoms with E-state index in [0.29, 0.717) is 6.42 Å². The second-order valence-corrected chi connectivity index (χ2v) is 23.6. The zero-order chi connectivity index (χ0) is 56.7. The third-order valence-corrected chi connectivity index (χ3v) is 16.5. The molecule has 2 fully saturated rings. The molecule has 0 spiro atoms. The molecule has 78 heavy (non-hydrogen) atoms. The summed E-state index contributed by atoms with van der Waals surface area (Å²) in [4.78, 5) is 13.3. The molecule has 2 saturated heterocycles. The maximum atomic E-state index is 13.3. The van der Waals surface area contributed by atoms with Crippen molar-refractivity contribution in [2.24, 2.45) is 0 Å². The first-order valence-corrected chi connectivity index (χ1v) is 32.9. The van der Waals surface area contributed by atoms with Gasteiger partial charge in [0.25, 0.3) is 0 Å². The third-order valence-electron chi connectivity index (χ3n) is 16.5. The molecule has 2 aliphatic heterocycles. The Morgan fingerprint density at radius 3 is 1.18 bits per heavy atom. The highest BCUT2D eigenvalue weighted by molar-refractivity contribution is 5.76. The quantitative estimate of drug-likeness (QED) is 0.0204. The van der Waals surface area contributed by atoms with Crippen LogP contribution in [-0.4, -0.2) is 140 Å². The van der Waals surface area contributed by atoms with Crippen molar-refractivity contribution < 1.29 is 64.6 Å². The number of aliphatic hydroxyl groups is 8. The fourth-order valence-electron chi connectivity index (χ4n) is 11.2. The van der Waals surface area contributed by atoms with E-state index in [1.165, 1.54) is 231 Å². The van der Waals surface area contributed by atoms with Crippen LogP contribution in [-0.2, 0) is 23.7 Å². The van der Waals surface area contributed by atoms with Gasteiger partial charge in [0.15, 0.2) is 12.6 Å². The van der Waals surface area contributed by atoms with E-state index in [0.717, 1.165) is 38.5 Å². The summed E-state index contributed by atoms with van der Waals surface area (Å²) in [5.74, 6) is -0.232. The molecule has 462 valence electrons. The SMILES string of the molecule is CCCCCCCCCCCCCCCCCC/C=C/C(O)C(COC1OC(CO)C(OC2OC(CO)C(O)C(O)C2O)C(O)C1O)NC(=O)CCCCCCCCCCCCCCCCCCCCCCCCCCCC. The first kappa shape index (κ1) is 72.8. The first-order chi connectivity index (χ1) is 38.1. The second-order valence-electron chi connectivity index (χ2n) is 23.6. The van der Waals surface area contributed by atoms with E-state index in [9.17, 15) is 45.6 Å². The predicted molar refractivity (Wildman–Crippen MR) is 314 cm³/mol. The van der Waals surface area contributed by atoms with Crippen molar-refractivity contribution in [2.45, 2.75) is 370 Å². The van der Waals surface area contributed by atoms with Gasteiger partial charge in [0.2, 0.25) is 5.91 Å². The Balaban J connectivity index is 1.70. The van der Waals surface area contributed by atoms with Crippen LogP contribution in [0.15, 0.2) is 12.2 Å². The van der Waals surface area contributed by atoms with E-state index in [1.807, 2.05) is 6.08 Å². The summed E-state index contributed by atoms with van der Waals surface area (Å²) in [7, 11) is 0. The first-order valence-electron chi connectivity index (χ1n) is 32.9. The van der Waals surface area contributed by atoms with Crippen LogP contribution < -0.4 is 5.32 Å². The van der Waals surface area contributed by atoms with Gasteiger partial charge in [0, 0.05) is 6.42 Å². The average molecular weight is 1110 g/mol. The third kappa shape index (κ3) is 35.0. The molecule has 0 aromatic carbocycles. The number of rotatable bonds is 54. The van der Waals surface area contributed by atoms with E-state index in [4.69, 9.17) is 18.9 Å². The molecule has 0 radical (unpaired) electrons. The van der Waals surface area contributed by atoms with Crippen molar-refractivity contribution in [1.29, 1.82) is 0 Å². The van der Waals surface area contributed by atoms with Crippen molar-refractivity contribution in [3.8, 4) is 0 Å². The van der Waals surface area contributed by atoms with Crippen LogP contribution in [0.25, 0.3) is 0 Å². The van der Waals surface area contributed by atoms with Gasteiger partial charge in [-0.1, -0.05) is 283 Å². The van der Waals surface area contributed by atoms with Gasteiger partial charge in [-0.3, -0.25) is 4.79 Å². The number of allylic oxidation sites excluding steroid dienone is 1. The van der Waals surface area contributed by atoms with Crippen molar-refractivity contribution in [1.82, 2.24) is 5.32 Å². The second kappa shape index (κ2) is 50.3. The van der Waals surface area contributed by atoms with Crippen LogP contribution in [0.3, 0.4) is 0 Å². The summed E-state index contributed by atoms with van der Waals surface area (Å²) in [6.07, 6.45) is 42.6. The summed E-state index contributed by atoms with van der Waals surface area (Å²) in [6, 6.07) is -0.910. The molecule has 9 N–H and O–H groups in total. The Hall–Kier alpha value is -1.27. The highest BCUT2D eigenvalue weighted by Gasteiger charge is 2.51. The van der Waals surface area contributed by atoms with Gasteiger partial charge in [-0.2, -0.15) is 0 Å². The van der Waals surface area contributed by atoms with E-state index in [1.54, 1.807) is 6.08 Å². The largest absolute Gasteiger partial charge is 0.394 e. The van der Waals surface area contributed by atoms with Crippen molar-refractivity contribution in [3.63, 3.8) is 0 Å². The molecule has 0 aromatic heterocycles. The molecule has 2 rings (SSSR count). The minimum absolute atomic E-state index is 0.232. The Kier molecular flexibility index (Phi) is 46.9. The number of unbranched alkanes of at least 4 members (excludes halogenated alkanes) is 41. The lowest BCUT2D eigenvalue weighted by molar-refractivity contribution is -0.359. The molecule has 12 unspecified atom stereocenters. The lowest BCUT2D eigenvalue weighted by atomic mass is 9.97. The highest BCUT2D eigenvalue weighted by atomic mass is 16.7. The number of ether oxygens (including phenoxy) is 4. The Bertz CT molecular complexity index is 1360. The maximum absolute atomic E-state index is 13.3. The fourth-order valence-corrected chi connectivity index (χ4v) is 11.2. The number of carbonyl (C=O) groups is 1. The van der Waals surface area contributed by atoms with Gasteiger partial charge >= 0.3 is 0 Å². The summed E-state index contributed by atoms with van der Waals surface area (Å²) in [5, 5.41) is 87.3. The van der Waals surface area contributed by atoms with Crippen LogP contribution >= 0.6 is 0 Å². The van der Waals surface area contributed by atoms with Gasteiger partial charge in [0.1, 0.15) is 48.8 Å². The molecule has 1 amide bonds. The van der Waals surface area contributed by atoms with Gasteiger partial charge in [0.05, 0.1) is 32.0 Å². The molecular weight excluding hydrogens is 991 g/mol. The molecule has 12 atom stereocenters. The zero-order valence-electron chi connectivity index (χ0n) is 49.9. The summed E-state index contributed by atoms with van der Waals surface area (Å²) in [6.45, 7) is 2.85. The minimum atomic E-state index is -1.79. The van der Waals surface area contributed by atoms with Crippen LogP contribution in [0.4, 0.5) is 0 Å². The van der Waals surface area contributed by atoms with Gasteiger partial charge in [-0.15, -0.1) is 0 Å². The lowest BCUT2D eigenvalue weighted by Crippen LogP contribution is -2.65. The van der Waals surface area contributed by atoms with Crippen LogP contribution in [0, 0.1) is 0 Å². The lowest BCUT2D eigenvalue weighted by Gasteiger charge is -2.46. The molecule has 0 aliphatic carbocycles. The molecular formula is C64H123NO13. The van der Waals surface area contributed by atoms with Crippen molar-refractivity contribution in [3.05, 3.63) is 12.2 Å². The Morgan fingerprint density at radius 2 is 0.795 bits per heavy atom. The number of hydrogen-bond donors (Lipinski definition) is 9. The Morgan fingerprint density at radius 1 is 0.449 bits per heavy atom. The molecule has 0 bridgehead atoms. The molecule has 2 heterocycles. The fraction of sp³-hybridized carbons (Fsp3) is 0.953. The maximum Gasteiger partial charge on any atom is 0.220 e. The van der Waals surface area contributed by atoms with Gasteiger partial charge in [-0.05, 0) is 19.3 Å². The topological polar surface area (TPSA) is 228 Å². The van der Waals surface area contributed by atoms with E-state index < -0.39 is 86.8 Å². The van der Waals surface area contributed by atoms with Crippen LogP contribution in [0.2, 0.25) is 0 Å². The summed E-state index contributed by atoms with van der Waals surface area (Å²) < 4.78 is 22.8. The van der Waals surface area contributed by atoms with Crippen LogP contribution in [0.1, 0.15) is 296 Å². The minimum Gasteiger partial charge on any atom is -0.394 e. The molecule has 0 aromatic rings. The van der Waals surface area contributed by atoms with E-state index >= 15 is 0 Å². The van der Waals surface area contributed by atoms with Crippen molar-refractivity contribution >= 4 is 5.91 Å². The number of nitrogens with one attached hydrogen (secondary N) is 1. The van der Waals surface area contributed by atoms with Crippen molar-refractivity contribution in [2.75, 3.05) is 19.8 Å². The zero-order valence-corrected chi connectivity index (χ0v) is 49.9. The van der Waals surface area contributed by atoms with Gasteiger partial charge < -0.3 is 65.1 Å². The standard InChI is InChI=1S/C64H123NO13/c1-3-5-7-9-11-13-15-17-19-21-23-24-25-26-27-28-29-30-32-34-36-38-40-42-44-46-48-56(69)65-52(53(68)47-45-43-41-39-37-35-33-31-22-20-18-16-14-12-10-8-6-4-2)51-75-63-61(74)59(72)62(55(50-67)77-63)78-64-60(73)58(71)57(70)54(49-66)76-64/h45,47,52-55,57-64,66-68,70-74H,3-44,46,48-51H2,1-2H3,(H,65,69)/b47-45+. The molecule has 0 saturated carbocycles.